The second-order valence-corrected chi connectivity index (χ2v) is 4.94. The van der Waals surface area contributed by atoms with Gasteiger partial charge >= 0.3 is 0 Å². The third-order valence-corrected chi connectivity index (χ3v) is 3.27. The van der Waals surface area contributed by atoms with Crippen molar-refractivity contribution in [2.45, 2.75) is 50.6 Å². The van der Waals surface area contributed by atoms with Crippen molar-refractivity contribution in [3.05, 3.63) is 0 Å². The second-order valence-electron chi connectivity index (χ2n) is 4.94. The standard InChI is InChI=1S/C12H23N3O/c16-12(15-10-4-5-10)6-8-13-9-11-3-1-2-7-14-11/h10-11,13-14H,1-9H2,(H,15,16). The number of hydrogen-bond donors (Lipinski definition) is 3. The van der Waals surface area contributed by atoms with Crippen LogP contribution in [0.2, 0.25) is 0 Å². The van der Waals surface area contributed by atoms with Crippen LogP contribution < -0.4 is 16.0 Å². The van der Waals surface area contributed by atoms with Crippen molar-refractivity contribution in [2.75, 3.05) is 19.6 Å². The normalized spacial score (nSPS) is 25.4. The first-order chi connectivity index (χ1) is 7.84. The molecular formula is C12H23N3O. The van der Waals surface area contributed by atoms with E-state index in [1.807, 2.05) is 0 Å². The molecule has 92 valence electrons. The molecule has 1 aliphatic carbocycles. The number of nitrogens with one attached hydrogen (secondary N) is 3. The maximum absolute atomic E-state index is 11.4. The maximum atomic E-state index is 11.4. The van der Waals surface area contributed by atoms with E-state index < -0.39 is 0 Å². The number of carbonyl (C=O) groups is 1. The Kier molecular flexibility index (Phi) is 4.60. The zero-order chi connectivity index (χ0) is 11.2. The summed E-state index contributed by atoms with van der Waals surface area (Å²) in [5.41, 5.74) is 0. The smallest absolute Gasteiger partial charge is 0.221 e. The van der Waals surface area contributed by atoms with Gasteiger partial charge in [-0.05, 0) is 32.2 Å². The molecule has 0 aromatic rings. The lowest BCUT2D eigenvalue weighted by Crippen LogP contribution is -2.42. The molecule has 1 aliphatic heterocycles. The van der Waals surface area contributed by atoms with Crippen molar-refractivity contribution in [1.82, 2.24) is 16.0 Å². The highest BCUT2D eigenvalue weighted by atomic mass is 16.1. The molecule has 2 fully saturated rings. The van der Waals surface area contributed by atoms with Crippen LogP contribution in [0.5, 0.6) is 0 Å². The van der Waals surface area contributed by atoms with Crippen LogP contribution in [0.3, 0.4) is 0 Å². The van der Waals surface area contributed by atoms with Crippen molar-refractivity contribution in [3.63, 3.8) is 0 Å². The van der Waals surface area contributed by atoms with Gasteiger partial charge in [0.1, 0.15) is 0 Å². The number of hydrogen-bond acceptors (Lipinski definition) is 3. The minimum atomic E-state index is 0.201. The summed E-state index contributed by atoms with van der Waals surface area (Å²) in [4.78, 5) is 11.4. The molecule has 2 rings (SSSR count). The Balaban J connectivity index is 1.45. The van der Waals surface area contributed by atoms with Crippen molar-refractivity contribution in [3.8, 4) is 0 Å². The second kappa shape index (κ2) is 6.21. The van der Waals surface area contributed by atoms with Crippen LogP contribution in [0.4, 0.5) is 0 Å². The lowest BCUT2D eigenvalue weighted by atomic mass is 10.1. The van der Waals surface area contributed by atoms with E-state index in [0.29, 0.717) is 18.5 Å². The molecule has 1 unspecified atom stereocenters. The third-order valence-electron chi connectivity index (χ3n) is 3.27. The highest BCUT2D eigenvalue weighted by Crippen LogP contribution is 2.18. The average molecular weight is 225 g/mol. The summed E-state index contributed by atoms with van der Waals surface area (Å²) in [6, 6.07) is 1.10. The summed E-state index contributed by atoms with van der Waals surface area (Å²) in [6.45, 7) is 2.95. The van der Waals surface area contributed by atoms with Crippen molar-refractivity contribution >= 4 is 5.91 Å². The molecule has 3 N–H and O–H groups in total. The van der Waals surface area contributed by atoms with Gasteiger partial charge in [0, 0.05) is 31.6 Å². The van der Waals surface area contributed by atoms with Gasteiger partial charge < -0.3 is 16.0 Å². The first-order valence-electron chi connectivity index (χ1n) is 6.58. The molecule has 1 amide bonds. The fourth-order valence-electron chi connectivity index (χ4n) is 2.10. The Morgan fingerprint density at radius 2 is 2.12 bits per heavy atom. The van der Waals surface area contributed by atoms with E-state index in [9.17, 15) is 4.79 Å². The van der Waals surface area contributed by atoms with Crippen LogP contribution >= 0.6 is 0 Å². The zero-order valence-corrected chi connectivity index (χ0v) is 9.93. The van der Waals surface area contributed by atoms with E-state index in [2.05, 4.69) is 16.0 Å². The summed E-state index contributed by atoms with van der Waals surface area (Å²) in [6.07, 6.45) is 6.86. The Bertz CT molecular complexity index is 222. The maximum Gasteiger partial charge on any atom is 0.221 e. The topological polar surface area (TPSA) is 53.2 Å². The molecule has 0 spiro atoms. The zero-order valence-electron chi connectivity index (χ0n) is 9.93. The fourth-order valence-corrected chi connectivity index (χ4v) is 2.10. The van der Waals surface area contributed by atoms with Gasteiger partial charge in [-0.1, -0.05) is 6.42 Å². The lowest BCUT2D eigenvalue weighted by Gasteiger charge is -2.23. The number of amides is 1. The van der Waals surface area contributed by atoms with E-state index in [-0.39, 0.29) is 5.91 Å². The van der Waals surface area contributed by atoms with Crippen LogP contribution in [0.25, 0.3) is 0 Å². The molecule has 0 aromatic carbocycles. The summed E-state index contributed by atoms with van der Waals surface area (Å²) in [5, 5.41) is 9.84. The highest BCUT2D eigenvalue weighted by molar-refractivity contribution is 5.76. The summed E-state index contributed by atoms with van der Waals surface area (Å²) in [7, 11) is 0. The van der Waals surface area contributed by atoms with Crippen LogP contribution in [-0.2, 0) is 4.79 Å². The first kappa shape index (κ1) is 11.9. The van der Waals surface area contributed by atoms with Crippen molar-refractivity contribution in [2.24, 2.45) is 0 Å². The molecule has 1 saturated heterocycles. The molecule has 4 nitrogen and oxygen atoms in total. The van der Waals surface area contributed by atoms with Gasteiger partial charge in [-0.2, -0.15) is 0 Å². The summed E-state index contributed by atoms with van der Waals surface area (Å²) >= 11 is 0. The van der Waals surface area contributed by atoms with Crippen LogP contribution in [0, 0.1) is 0 Å². The van der Waals surface area contributed by atoms with Gasteiger partial charge in [0.2, 0.25) is 5.91 Å². The quantitative estimate of drug-likeness (QED) is 0.573. The van der Waals surface area contributed by atoms with E-state index in [1.165, 1.54) is 32.1 Å². The predicted octanol–water partition coefficient (Wildman–Crippen LogP) is 0.387. The summed E-state index contributed by atoms with van der Waals surface area (Å²) in [5.74, 6) is 0.201. The Morgan fingerprint density at radius 3 is 2.81 bits per heavy atom. The van der Waals surface area contributed by atoms with E-state index in [0.717, 1.165) is 19.6 Å². The minimum absolute atomic E-state index is 0.201. The monoisotopic (exact) mass is 225 g/mol. The first-order valence-corrected chi connectivity index (χ1v) is 6.58. The third kappa shape index (κ3) is 4.49. The Morgan fingerprint density at radius 1 is 1.25 bits per heavy atom. The SMILES string of the molecule is O=C(CCNCC1CCCCN1)NC1CC1. The highest BCUT2D eigenvalue weighted by Gasteiger charge is 2.22. The van der Waals surface area contributed by atoms with Crippen molar-refractivity contribution < 1.29 is 4.79 Å². The minimum Gasteiger partial charge on any atom is -0.353 e. The largest absolute Gasteiger partial charge is 0.353 e. The van der Waals surface area contributed by atoms with Crippen LogP contribution in [0.15, 0.2) is 0 Å². The number of carbonyl (C=O) groups excluding carboxylic acids is 1. The molecule has 16 heavy (non-hydrogen) atoms. The molecule has 0 radical (unpaired) electrons. The Labute approximate surface area is 97.6 Å². The van der Waals surface area contributed by atoms with Gasteiger partial charge in [-0.3, -0.25) is 4.79 Å². The molecule has 1 atom stereocenters. The van der Waals surface area contributed by atoms with Gasteiger partial charge in [0.05, 0.1) is 0 Å². The lowest BCUT2D eigenvalue weighted by molar-refractivity contribution is -0.121. The molecular weight excluding hydrogens is 202 g/mol. The average Bonchev–Trinajstić information content (AvgIpc) is 3.10. The summed E-state index contributed by atoms with van der Waals surface area (Å²) < 4.78 is 0. The van der Waals surface area contributed by atoms with E-state index in [4.69, 9.17) is 0 Å². The molecule has 2 aliphatic rings. The molecule has 1 saturated carbocycles. The van der Waals surface area contributed by atoms with E-state index >= 15 is 0 Å². The van der Waals surface area contributed by atoms with Gasteiger partial charge in [-0.25, -0.2) is 0 Å². The number of piperidine rings is 1. The van der Waals surface area contributed by atoms with Crippen LogP contribution in [-0.4, -0.2) is 37.6 Å². The van der Waals surface area contributed by atoms with Gasteiger partial charge in [-0.15, -0.1) is 0 Å². The van der Waals surface area contributed by atoms with Crippen LogP contribution in [0.1, 0.15) is 38.5 Å². The number of rotatable bonds is 6. The molecule has 0 bridgehead atoms. The fraction of sp³-hybridized carbons (Fsp3) is 0.917. The van der Waals surface area contributed by atoms with Crippen molar-refractivity contribution in [1.29, 1.82) is 0 Å². The van der Waals surface area contributed by atoms with E-state index in [1.54, 1.807) is 0 Å². The van der Waals surface area contributed by atoms with Gasteiger partial charge in [0.15, 0.2) is 0 Å². The molecule has 1 heterocycles. The Hall–Kier alpha value is -0.610. The predicted molar refractivity (Wildman–Crippen MR) is 64.3 cm³/mol. The molecule has 4 heteroatoms. The van der Waals surface area contributed by atoms with Gasteiger partial charge in [0.25, 0.3) is 0 Å². The molecule has 0 aromatic heterocycles.